The molecule has 0 heterocycles. The van der Waals surface area contributed by atoms with Crippen LogP contribution in [-0.2, 0) is 12.8 Å². The molecule has 2 rings (SSSR count). The first-order chi connectivity index (χ1) is 7.76. The van der Waals surface area contributed by atoms with E-state index in [9.17, 15) is 4.79 Å². The summed E-state index contributed by atoms with van der Waals surface area (Å²) in [4.78, 5) is 12.1. The number of hydrogen-bond donors (Lipinski definition) is 0. The lowest BCUT2D eigenvalue weighted by molar-refractivity contribution is 0.0938. The van der Waals surface area contributed by atoms with Gasteiger partial charge in [-0.1, -0.05) is 31.2 Å². The Kier molecular flexibility index (Phi) is 3.23. The van der Waals surface area contributed by atoms with Crippen LogP contribution in [0, 0.1) is 5.92 Å². The SMILES string of the molecule is CC=CC[C@H]1Cc2ccc(CC)cc2C1=O. The maximum atomic E-state index is 12.1. The van der Waals surface area contributed by atoms with Crippen LogP contribution in [0.3, 0.4) is 0 Å². The van der Waals surface area contributed by atoms with Gasteiger partial charge in [0.25, 0.3) is 0 Å². The van der Waals surface area contributed by atoms with E-state index in [2.05, 4.69) is 31.2 Å². The number of hydrogen-bond acceptors (Lipinski definition) is 1. The third-order valence-electron chi connectivity index (χ3n) is 3.34. The molecule has 0 unspecified atom stereocenters. The van der Waals surface area contributed by atoms with Crippen molar-refractivity contribution in [3.8, 4) is 0 Å². The van der Waals surface area contributed by atoms with Gasteiger partial charge in [0, 0.05) is 11.5 Å². The van der Waals surface area contributed by atoms with Crippen LogP contribution in [-0.4, -0.2) is 5.78 Å². The standard InChI is InChI=1S/C15H18O/c1-3-5-6-13-10-12-8-7-11(4-2)9-14(12)15(13)16/h3,5,7-9,13H,4,6,10H2,1-2H3/t13-/m0/s1. The van der Waals surface area contributed by atoms with Gasteiger partial charge in [-0.2, -0.15) is 0 Å². The van der Waals surface area contributed by atoms with E-state index in [1.807, 2.05) is 13.0 Å². The Morgan fingerprint density at radius 3 is 2.94 bits per heavy atom. The molecule has 0 amide bonds. The van der Waals surface area contributed by atoms with Gasteiger partial charge in [0.1, 0.15) is 0 Å². The van der Waals surface area contributed by atoms with E-state index in [0.717, 1.165) is 24.8 Å². The Bertz CT molecular complexity index is 429. The summed E-state index contributed by atoms with van der Waals surface area (Å²) < 4.78 is 0. The Labute approximate surface area is 97.2 Å². The smallest absolute Gasteiger partial charge is 0.166 e. The van der Waals surface area contributed by atoms with E-state index >= 15 is 0 Å². The van der Waals surface area contributed by atoms with Crippen LogP contribution in [0.5, 0.6) is 0 Å². The van der Waals surface area contributed by atoms with E-state index in [0.29, 0.717) is 5.78 Å². The molecule has 0 bridgehead atoms. The molecule has 0 N–H and O–H groups in total. The molecule has 0 aromatic heterocycles. The molecule has 1 heteroatoms. The molecule has 1 aromatic carbocycles. The highest BCUT2D eigenvalue weighted by atomic mass is 16.1. The quantitative estimate of drug-likeness (QED) is 0.703. The van der Waals surface area contributed by atoms with Crippen molar-refractivity contribution in [3.05, 3.63) is 47.0 Å². The molecule has 1 aromatic rings. The van der Waals surface area contributed by atoms with E-state index in [1.54, 1.807) is 0 Å². The molecule has 1 nitrogen and oxygen atoms in total. The van der Waals surface area contributed by atoms with Crippen LogP contribution >= 0.6 is 0 Å². The second-order valence-electron chi connectivity index (χ2n) is 4.42. The van der Waals surface area contributed by atoms with E-state index < -0.39 is 0 Å². The third kappa shape index (κ3) is 1.95. The summed E-state index contributed by atoms with van der Waals surface area (Å²) >= 11 is 0. The second kappa shape index (κ2) is 4.65. The molecule has 0 saturated carbocycles. The van der Waals surface area contributed by atoms with Gasteiger partial charge in [-0.3, -0.25) is 4.79 Å². The molecule has 1 aliphatic carbocycles. The molecule has 0 aliphatic heterocycles. The number of ketones is 1. The molecule has 0 radical (unpaired) electrons. The highest BCUT2D eigenvalue weighted by Gasteiger charge is 2.29. The summed E-state index contributed by atoms with van der Waals surface area (Å²) in [6.07, 6.45) is 6.91. The van der Waals surface area contributed by atoms with Gasteiger partial charge in [-0.05, 0) is 43.4 Å². The normalized spacial score (nSPS) is 19.4. The van der Waals surface area contributed by atoms with Crippen LogP contribution in [0.1, 0.15) is 41.8 Å². The minimum atomic E-state index is 0.179. The van der Waals surface area contributed by atoms with Gasteiger partial charge in [0.15, 0.2) is 5.78 Å². The maximum absolute atomic E-state index is 12.1. The molecule has 84 valence electrons. The van der Waals surface area contributed by atoms with Crippen molar-refractivity contribution in [3.63, 3.8) is 0 Å². The fourth-order valence-corrected chi connectivity index (χ4v) is 2.32. The first-order valence-corrected chi connectivity index (χ1v) is 6.03. The van der Waals surface area contributed by atoms with Crippen molar-refractivity contribution in [2.75, 3.05) is 0 Å². The summed E-state index contributed by atoms with van der Waals surface area (Å²) in [5, 5.41) is 0. The number of Topliss-reactive ketones (excluding diaryl/α,β-unsaturated/α-hetero) is 1. The second-order valence-corrected chi connectivity index (χ2v) is 4.42. The molecular weight excluding hydrogens is 196 g/mol. The highest BCUT2D eigenvalue weighted by molar-refractivity contribution is 6.02. The number of carbonyl (C=O) groups is 1. The van der Waals surface area contributed by atoms with Crippen molar-refractivity contribution >= 4 is 5.78 Å². The van der Waals surface area contributed by atoms with Crippen molar-refractivity contribution in [2.24, 2.45) is 5.92 Å². The van der Waals surface area contributed by atoms with Crippen LogP contribution in [0.15, 0.2) is 30.4 Å². The minimum Gasteiger partial charge on any atom is -0.294 e. The largest absolute Gasteiger partial charge is 0.294 e. The zero-order chi connectivity index (χ0) is 11.5. The molecule has 1 aliphatic rings. The number of benzene rings is 1. The predicted octanol–water partition coefficient (Wildman–Crippen LogP) is 3.57. The first-order valence-electron chi connectivity index (χ1n) is 6.03. The molecule has 1 atom stereocenters. The van der Waals surface area contributed by atoms with Crippen LogP contribution in [0.2, 0.25) is 0 Å². The molecular formula is C15H18O. The minimum absolute atomic E-state index is 0.179. The Hall–Kier alpha value is -1.37. The van der Waals surface area contributed by atoms with Gasteiger partial charge in [-0.15, -0.1) is 0 Å². The predicted molar refractivity (Wildman–Crippen MR) is 66.8 cm³/mol. The van der Waals surface area contributed by atoms with Gasteiger partial charge in [0.05, 0.1) is 0 Å². The van der Waals surface area contributed by atoms with E-state index in [4.69, 9.17) is 0 Å². The number of rotatable bonds is 3. The molecule has 0 fully saturated rings. The lowest BCUT2D eigenvalue weighted by Gasteiger charge is -2.02. The number of fused-ring (bicyclic) bond motifs is 1. The number of allylic oxidation sites excluding steroid dienone is 2. The van der Waals surface area contributed by atoms with Gasteiger partial charge >= 0.3 is 0 Å². The fraction of sp³-hybridized carbons (Fsp3) is 0.400. The summed E-state index contributed by atoms with van der Waals surface area (Å²) in [6.45, 7) is 4.13. The number of aryl methyl sites for hydroxylation is 1. The van der Waals surface area contributed by atoms with Gasteiger partial charge < -0.3 is 0 Å². The van der Waals surface area contributed by atoms with Crippen LogP contribution in [0.25, 0.3) is 0 Å². The van der Waals surface area contributed by atoms with Crippen molar-refractivity contribution in [1.82, 2.24) is 0 Å². The lowest BCUT2D eigenvalue weighted by Crippen LogP contribution is -2.07. The summed E-state index contributed by atoms with van der Waals surface area (Å²) in [5.74, 6) is 0.515. The van der Waals surface area contributed by atoms with Crippen molar-refractivity contribution < 1.29 is 4.79 Å². The average Bonchev–Trinajstić information content (AvgIpc) is 2.63. The van der Waals surface area contributed by atoms with Crippen molar-refractivity contribution in [1.29, 1.82) is 0 Å². The maximum Gasteiger partial charge on any atom is 0.166 e. The van der Waals surface area contributed by atoms with E-state index in [-0.39, 0.29) is 5.92 Å². The van der Waals surface area contributed by atoms with Gasteiger partial charge in [0.2, 0.25) is 0 Å². The average molecular weight is 214 g/mol. The van der Waals surface area contributed by atoms with Crippen LogP contribution < -0.4 is 0 Å². The van der Waals surface area contributed by atoms with E-state index in [1.165, 1.54) is 11.1 Å². The zero-order valence-corrected chi connectivity index (χ0v) is 9.99. The third-order valence-corrected chi connectivity index (χ3v) is 3.34. The van der Waals surface area contributed by atoms with Crippen LogP contribution in [0.4, 0.5) is 0 Å². The molecule has 16 heavy (non-hydrogen) atoms. The lowest BCUT2D eigenvalue weighted by atomic mass is 10.0. The summed E-state index contributed by atoms with van der Waals surface area (Å²) in [7, 11) is 0. The molecule has 0 spiro atoms. The Balaban J connectivity index is 2.24. The zero-order valence-electron chi connectivity index (χ0n) is 9.99. The number of carbonyl (C=O) groups excluding carboxylic acids is 1. The monoisotopic (exact) mass is 214 g/mol. The Morgan fingerprint density at radius 1 is 1.44 bits per heavy atom. The fourth-order valence-electron chi connectivity index (χ4n) is 2.32. The summed E-state index contributed by atoms with van der Waals surface area (Å²) in [5.41, 5.74) is 3.46. The van der Waals surface area contributed by atoms with Gasteiger partial charge in [-0.25, -0.2) is 0 Å². The molecule has 0 saturated heterocycles. The van der Waals surface area contributed by atoms with Crippen molar-refractivity contribution in [2.45, 2.75) is 33.1 Å². The highest BCUT2D eigenvalue weighted by Crippen LogP contribution is 2.30. The first kappa shape index (κ1) is 11.1. The summed E-state index contributed by atoms with van der Waals surface area (Å²) in [6, 6.07) is 6.35. The topological polar surface area (TPSA) is 17.1 Å². The Morgan fingerprint density at radius 2 is 2.25 bits per heavy atom.